The summed E-state index contributed by atoms with van der Waals surface area (Å²) in [4.78, 5) is 24.7. The number of fused-ring (bicyclic) bond motifs is 2. The number of ether oxygens (including phenoxy) is 1. The van der Waals surface area contributed by atoms with E-state index in [1.165, 1.54) is 6.08 Å². The highest BCUT2D eigenvalue weighted by Gasteiger charge is 2.73. The van der Waals surface area contributed by atoms with E-state index in [2.05, 4.69) is 0 Å². The summed E-state index contributed by atoms with van der Waals surface area (Å²) in [5, 5.41) is 43.3. The third kappa shape index (κ3) is 2.11. The number of esters is 1. The van der Waals surface area contributed by atoms with Gasteiger partial charge in [0.1, 0.15) is 12.2 Å². The Bertz CT molecular complexity index is 717. The van der Waals surface area contributed by atoms with Gasteiger partial charge in [-0.25, -0.2) is 0 Å². The first-order valence-electron chi connectivity index (χ1n) is 9.67. The van der Waals surface area contributed by atoms with Crippen LogP contribution < -0.4 is 0 Å². The maximum Gasteiger partial charge on any atom is 0.306 e. The second-order valence-electron chi connectivity index (χ2n) is 9.23. The number of carbonyl (C=O) groups is 2. The van der Waals surface area contributed by atoms with Crippen LogP contribution in [0.2, 0.25) is 0 Å². The summed E-state index contributed by atoms with van der Waals surface area (Å²) in [5.74, 6) is -2.72. The maximum absolute atomic E-state index is 12.5. The molecule has 7 heteroatoms. The topological polar surface area (TPSA) is 124 Å². The molecule has 2 saturated carbocycles. The highest BCUT2D eigenvalue weighted by molar-refractivity contribution is 5.96. The summed E-state index contributed by atoms with van der Waals surface area (Å²) in [6.07, 6.45) is -2.52. The fraction of sp³-hybridized carbons (Fsp3) is 0.800. The normalized spacial score (nSPS) is 54.6. The molecule has 150 valence electrons. The van der Waals surface area contributed by atoms with Gasteiger partial charge in [-0.05, 0) is 37.2 Å². The summed E-state index contributed by atoms with van der Waals surface area (Å²) >= 11 is 0. The van der Waals surface area contributed by atoms with Crippen molar-refractivity contribution in [2.24, 2.45) is 34.5 Å². The predicted octanol–water partition coefficient (Wildman–Crippen LogP) is -0.199. The highest BCUT2D eigenvalue weighted by atomic mass is 16.5. The van der Waals surface area contributed by atoms with Gasteiger partial charge in [0.2, 0.25) is 0 Å². The van der Waals surface area contributed by atoms with Crippen LogP contribution in [0.15, 0.2) is 11.6 Å². The van der Waals surface area contributed by atoms with Gasteiger partial charge in [0.25, 0.3) is 0 Å². The fourth-order valence-electron chi connectivity index (χ4n) is 7.06. The second kappa shape index (κ2) is 5.86. The molecule has 7 nitrogen and oxygen atoms in total. The van der Waals surface area contributed by atoms with Crippen LogP contribution in [-0.2, 0) is 14.3 Å². The van der Waals surface area contributed by atoms with Crippen molar-refractivity contribution < 1.29 is 34.8 Å². The number of aliphatic hydroxyl groups is 4. The number of carbonyl (C=O) groups excluding carboxylic acids is 2. The van der Waals surface area contributed by atoms with Gasteiger partial charge in [-0.3, -0.25) is 9.59 Å². The molecule has 1 heterocycles. The lowest BCUT2D eigenvalue weighted by Gasteiger charge is -2.69. The largest absolute Gasteiger partial charge is 0.462 e. The number of ketones is 1. The van der Waals surface area contributed by atoms with Crippen molar-refractivity contribution in [1.29, 1.82) is 0 Å². The smallest absolute Gasteiger partial charge is 0.306 e. The number of rotatable bonds is 1. The molecule has 10 unspecified atom stereocenters. The summed E-state index contributed by atoms with van der Waals surface area (Å²) in [5.41, 5.74) is -1.31. The molecule has 1 aliphatic heterocycles. The summed E-state index contributed by atoms with van der Waals surface area (Å²) in [6.45, 7) is 4.98. The molecule has 27 heavy (non-hydrogen) atoms. The lowest BCUT2D eigenvalue weighted by atomic mass is 9.38. The Morgan fingerprint density at radius 2 is 1.89 bits per heavy atom. The Balaban J connectivity index is 1.97. The van der Waals surface area contributed by atoms with Gasteiger partial charge in [-0.15, -0.1) is 0 Å². The van der Waals surface area contributed by atoms with Gasteiger partial charge >= 0.3 is 5.97 Å². The first-order valence-corrected chi connectivity index (χ1v) is 9.67. The quantitative estimate of drug-likeness (QED) is 0.465. The Kier molecular flexibility index (Phi) is 4.14. The summed E-state index contributed by atoms with van der Waals surface area (Å²) in [7, 11) is 0. The van der Waals surface area contributed by atoms with Crippen LogP contribution in [-0.4, -0.2) is 63.2 Å². The molecule has 0 radical (unpaired) electrons. The minimum atomic E-state index is -1.35. The highest BCUT2D eigenvalue weighted by Crippen LogP contribution is 2.68. The average Bonchev–Trinajstić information content (AvgIpc) is 2.62. The monoisotopic (exact) mass is 380 g/mol. The van der Waals surface area contributed by atoms with Crippen LogP contribution in [0.4, 0.5) is 0 Å². The van der Waals surface area contributed by atoms with Crippen LogP contribution in [0.5, 0.6) is 0 Å². The molecule has 4 N–H and O–H groups in total. The average molecular weight is 380 g/mol. The van der Waals surface area contributed by atoms with E-state index in [-0.39, 0.29) is 24.9 Å². The van der Waals surface area contributed by atoms with Crippen molar-refractivity contribution in [3.63, 3.8) is 0 Å². The van der Waals surface area contributed by atoms with Crippen LogP contribution in [0.1, 0.15) is 33.6 Å². The molecule has 0 amide bonds. The van der Waals surface area contributed by atoms with Crippen LogP contribution in [0.25, 0.3) is 0 Å². The standard InChI is InChI=1S/C20H28O7/c1-8-4-12(22)18(26)19(3)10(8)5-13-20(7-21)11(6-14(23)27-13)9(2)15(24)16(25)17(19)20/h4,9-11,13,15-18,21,24-26H,5-7H2,1-3H3. The molecule has 3 aliphatic carbocycles. The van der Waals surface area contributed by atoms with E-state index >= 15 is 0 Å². The summed E-state index contributed by atoms with van der Waals surface area (Å²) in [6, 6.07) is 0. The number of hydrogen-bond acceptors (Lipinski definition) is 7. The molecular weight excluding hydrogens is 352 g/mol. The molecule has 4 rings (SSSR count). The predicted molar refractivity (Wildman–Crippen MR) is 93.2 cm³/mol. The van der Waals surface area contributed by atoms with Crippen molar-refractivity contribution in [3.05, 3.63) is 11.6 Å². The molecule has 0 aromatic heterocycles. The van der Waals surface area contributed by atoms with Crippen molar-refractivity contribution in [1.82, 2.24) is 0 Å². The molecule has 0 bridgehead atoms. The van der Waals surface area contributed by atoms with E-state index in [1.54, 1.807) is 20.8 Å². The maximum atomic E-state index is 12.5. The number of allylic oxidation sites excluding steroid dienone is 1. The third-order valence-corrected chi connectivity index (χ3v) is 8.32. The number of hydrogen-bond donors (Lipinski definition) is 4. The first-order chi connectivity index (χ1) is 12.6. The molecular formula is C20H28O7. The minimum Gasteiger partial charge on any atom is -0.462 e. The minimum absolute atomic E-state index is 0.0398. The zero-order valence-corrected chi connectivity index (χ0v) is 15.8. The first kappa shape index (κ1) is 19.1. The lowest BCUT2D eigenvalue weighted by Crippen LogP contribution is -2.75. The molecule has 0 aromatic carbocycles. The van der Waals surface area contributed by atoms with E-state index < -0.39 is 58.8 Å². The molecule has 0 spiro atoms. The van der Waals surface area contributed by atoms with Crippen LogP contribution >= 0.6 is 0 Å². The van der Waals surface area contributed by atoms with Gasteiger partial charge in [0.15, 0.2) is 5.78 Å². The molecule has 4 aliphatic rings. The van der Waals surface area contributed by atoms with Gasteiger partial charge in [0, 0.05) is 23.2 Å². The lowest BCUT2D eigenvalue weighted by molar-refractivity contribution is -0.301. The number of aliphatic hydroxyl groups excluding tert-OH is 4. The van der Waals surface area contributed by atoms with Gasteiger partial charge in [-0.1, -0.05) is 19.4 Å². The second-order valence-corrected chi connectivity index (χ2v) is 9.23. The zero-order chi connectivity index (χ0) is 19.9. The van der Waals surface area contributed by atoms with Gasteiger partial charge in [-0.2, -0.15) is 0 Å². The van der Waals surface area contributed by atoms with Crippen molar-refractivity contribution >= 4 is 11.8 Å². The van der Waals surface area contributed by atoms with E-state index in [4.69, 9.17) is 4.74 Å². The van der Waals surface area contributed by atoms with Crippen molar-refractivity contribution in [3.8, 4) is 0 Å². The van der Waals surface area contributed by atoms with Crippen LogP contribution in [0, 0.1) is 34.5 Å². The van der Waals surface area contributed by atoms with Gasteiger partial charge < -0.3 is 25.2 Å². The molecule has 0 aromatic rings. The van der Waals surface area contributed by atoms with Crippen molar-refractivity contribution in [2.75, 3.05) is 6.61 Å². The van der Waals surface area contributed by atoms with Gasteiger partial charge in [0.05, 0.1) is 18.8 Å². The van der Waals surface area contributed by atoms with E-state index in [0.29, 0.717) is 6.42 Å². The Hall–Kier alpha value is -1.28. The van der Waals surface area contributed by atoms with E-state index in [9.17, 15) is 30.0 Å². The van der Waals surface area contributed by atoms with E-state index in [1.807, 2.05) is 0 Å². The van der Waals surface area contributed by atoms with Crippen molar-refractivity contribution in [2.45, 2.75) is 58.0 Å². The summed E-state index contributed by atoms with van der Waals surface area (Å²) < 4.78 is 5.67. The Morgan fingerprint density at radius 3 is 2.52 bits per heavy atom. The Morgan fingerprint density at radius 1 is 1.22 bits per heavy atom. The fourth-order valence-corrected chi connectivity index (χ4v) is 7.06. The molecule has 10 atom stereocenters. The SMILES string of the molecule is CC1=CC(=O)C(O)C2(C)C1CC1OC(=O)CC3C(C)C(O)C(O)C2C13CO. The molecule has 3 fully saturated rings. The van der Waals surface area contributed by atoms with Crippen LogP contribution in [0.3, 0.4) is 0 Å². The van der Waals surface area contributed by atoms with E-state index in [0.717, 1.165) is 5.57 Å². The Labute approximate surface area is 158 Å². The molecule has 1 saturated heterocycles. The third-order valence-electron chi connectivity index (χ3n) is 8.32. The zero-order valence-electron chi connectivity index (χ0n) is 15.8.